The lowest BCUT2D eigenvalue weighted by atomic mass is 9.84. The van der Waals surface area contributed by atoms with E-state index in [4.69, 9.17) is 18.9 Å². The molecule has 0 spiro atoms. The molecule has 2 N–H and O–H groups in total. The van der Waals surface area contributed by atoms with Crippen LogP contribution in [0.2, 0.25) is 0 Å². The minimum absolute atomic E-state index is 0.172. The van der Waals surface area contributed by atoms with E-state index >= 15 is 0 Å². The van der Waals surface area contributed by atoms with Crippen LogP contribution in [0.25, 0.3) is 11.1 Å². The first kappa shape index (κ1) is 37.0. The monoisotopic (exact) mass is 717 g/mol. The van der Waals surface area contributed by atoms with E-state index in [1.807, 2.05) is 19.1 Å². The molecule has 0 aromatic heterocycles. The molecule has 2 amide bonds. The molecule has 0 bridgehead atoms. The van der Waals surface area contributed by atoms with Gasteiger partial charge < -0.3 is 34.5 Å². The molecule has 2 saturated heterocycles. The number of likely N-dealkylation sites (tertiary alicyclic amines) is 1. The van der Waals surface area contributed by atoms with Crippen molar-refractivity contribution in [3.8, 4) is 16.9 Å². The van der Waals surface area contributed by atoms with Gasteiger partial charge in [-0.15, -0.1) is 0 Å². The van der Waals surface area contributed by atoms with Crippen molar-refractivity contribution in [2.75, 3.05) is 20.3 Å². The van der Waals surface area contributed by atoms with Gasteiger partial charge in [-0.05, 0) is 92.3 Å². The van der Waals surface area contributed by atoms with Crippen LogP contribution in [-0.4, -0.2) is 90.9 Å². The highest BCUT2D eigenvalue weighted by Crippen LogP contribution is 2.42. The van der Waals surface area contributed by atoms with Gasteiger partial charge >= 0.3 is 18.0 Å². The summed E-state index contributed by atoms with van der Waals surface area (Å²) in [5, 5.41) is 5.74. The maximum atomic E-state index is 13.7. The van der Waals surface area contributed by atoms with E-state index in [9.17, 15) is 28.8 Å². The molecule has 1 aliphatic carbocycles. The lowest BCUT2D eigenvalue weighted by molar-refractivity contribution is -0.158. The first-order chi connectivity index (χ1) is 24.9. The number of amides is 2. The summed E-state index contributed by atoms with van der Waals surface area (Å²) in [5.41, 5.74) is 4.09. The summed E-state index contributed by atoms with van der Waals surface area (Å²) < 4.78 is 21.9. The van der Waals surface area contributed by atoms with Crippen LogP contribution in [-0.2, 0) is 41.6 Å². The Morgan fingerprint density at radius 3 is 2.50 bits per heavy atom. The van der Waals surface area contributed by atoms with Crippen LogP contribution in [0, 0.1) is 11.8 Å². The molecule has 3 heterocycles. The third kappa shape index (κ3) is 7.41. The molecule has 6 atom stereocenters. The fraction of sp³-hybridized carbons (Fsp3) is 0.538. The van der Waals surface area contributed by atoms with Gasteiger partial charge in [0.15, 0.2) is 18.5 Å². The topological polar surface area (TPSA) is 167 Å². The van der Waals surface area contributed by atoms with Crippen molar-refractivity contribution in [3.05, 3.63) is 52.6 Å². The number of nitrogens with one attached hydrogen (secondary N) is 2. The lowest BCUT2D eigenvalue weighted by Gasteiger charge is -2.33. The van der Waals surface area contributed by atoms with Gasteiger partial charge in [0, 0.05) is 22.7 Å². The van der Waals surface area contributed by atoms with Crippen molar-refractivity contribution in [2.45, 2.75) is 103 Å². The Kier molecular flexibility index (Phi) is 11.0. The fourth-order valence-electron chi connectivity index (χ4n) is 7.68. The quantitative estimate of drug-likeness (QED) is 0.206. The van der Waals surface area contributed by atoms with Gasteiger partial charge in [0.05, 0.1) is 7.11 Å². The summed E-state index contributed by atoms with van der Waals surface area (Å²) in [6.45, 7) is 8.11. The number of nitrogens with zero attached hydrogens (tertiary/aromatic N) is 1. The third-order valence-corrected chi connectivity index (χ3v) is 10.8. The maximum Gasteiger partial charge on any atom is 0.407 e. The lowest BCUT2D eigenvalue weighted by Crippen LogP contribution is -2.56. The maximum absolute atomic E-state index is 13.7. The summed E-state index contributed by atoms with van der Waals surface area (Å²) in [5.74, 6) is -1.43. The molecule has 2 aromatic carbocycles. The Bertz CT molecular complexity index is 1770. The molecule has 13 nitrogen and oxygen atoms in total. The number of rotatable bonds is 10. The van der Waals surface area contributed by atoms with Crippen molar-refractivity contribution in [2.24, 2.45) is 11.8 Å². The molecule has 6 rings (SSSR count). The number of benzene rings is 2. The molecule has 0 saturated carbocycles. The number of alkyl carbamates (subject to hydrolysis) is 1. The number of Topliss-reactive ketones (excluding diaryl/α,β-unsaturated/α-hetero) is 2. The van der Waals surface area contributed by atoms with Gasteiger partial charge in [-0.25, -0.2) is 9.59 Å². The van der Waals surface area contributed by atoms with Gasteiger partial charge in [0.1, 0.15) is 30.5 Å². The first-order valence-electron chi connectivity index (χ1n) is 18.2. The number of esters is 2. The number of hydrogen-bond donors (Lipinski definition) is 2. The van der Waals surface area contributed by atoms with E-state index < -0.39 is 42.1 Å². The van der Waals surface area contributed by atoms with E-state index in [1.165, 1.54) is 12.0 Å². The van der Waals surface area contributed by atoms with Crippen molar-refractivity contribution in [1.29, 1.82) is 0 Å². The van der Waals surface area contributed by atoms with Crippen molar-refractivity contribution in [3.63, 3.8) is 0 Å². The Morgan fingerprint density at radius 1 is 1.00 bits per heavy atom. The van der Waals surface area contributed by atoms with E-state index in [-0.39, 0.29) is 49.2 Å². The average Bonchev–Trinajstić information content (AvgIpc) is 3.79. The Morgan fingerprint density at radius 2 is 1.79 bits per heavy atom. The van der Waals surface area contributed by atoms with Crippen LogP contribution in [0.1, 0.15) is 91.6 Å². The van der Waals surface area contributed by atoms with Crippen LogP contribution in [0.5, 0.6) is 5.75 Å². The Hall–Kier alpha value is -4.78. The SMILES string of the molecule is CC[C@@H]1CNC(C(=O)OCC(=O)c2ccc3c(c2)COc2cc4c(cc2-3)CCC(OC(=O)[C@@H]2CC[C@H](C)N2C(=O)[C@@H](NC(=O)OC)C(C)C)C4=O)C1. The van der Waals surface area contributed by atoms with E-state index in [0.29, 0.717) is 48.5 Å². The second-order valence-electron chi connectivity index (χ2n) is 14.5. The van der Waals surface area contributed by atoms with E-state index in [0.717, 1.165) is 35.2 Å². The summed E-state index contributed by atoms with van der Waals surface area (Å²) in [6, 6.07) is 6.48. The third-order valence-electron chi connectivity index (χ3n) is 10.8. The molecule has 2 fully saturated rings. The number of carbonyl (C=O) groups excluding carboxylic acids is 6. The van der Waals surface area contributed by atoms with Gasteiger partial charge in [-0.1, -0.05) is 39.3 Å². The van der Waals surface area contributed by atoms with Crippen LogP contribution in [0.15, 0.2) is 30.3 Å². The molecular weight excluding hydrogens is 670 g/mol. The van der Waals surface area contributed by atoms with Crippen molar-refractivity contribution < 1.29 is 47.7 Å². The zero-order chi connectivity index (χ0) is 37.3. The summed E-state index contributed by atoms with van der Waals surface area (Å²) in [4.78, 5) is 79.7. The highest BCUT2D eigenvalue weighted by molar-refractivity contribution is 6.04. The molecular formula is C39H47N3O10. The summed E-state index contributed by atoms with van der Waals surface area (Å²) in [7, 11) is 1.22. The van der Waals surface area contributed by atoms with Crippen LogP contribution in [0.3, 0.4) is 0 Å². The zero-order valence-corrected chi connectivity index (χ0v) is 30.3. The zero-order valence-electron chi connectivity index (χ0n) is 30.3. The van der Waals surface area contributed by atoms with Crippen LogP contribution in [0.4, 0.5) is 4.79 Å². The number of ether oxygens (including phenoxy) is 4. The molecule has 4 aliphatic rings. The smallest absolute Gasteiger partial charge is 0.407 e. The molecule has 2 unspecified atom stereocenters. The normalized spacial score (nSPS) is 23.8. The minimum Gasteiger partial charge on any atom is -0.488 e. The first-order valence-corrected chi connectivity index (χ1v) is 18.2. The van der Waals surface area contributed by atoms with Crippen molar-refractivity contribution in [1.82, 2.24) is 15.5 Å². The van der Waals surface area contributed by atoms with Crippen LogP contribution >= 0.6 is 0 Å². The summed E-state index contributed by atoms with van der Waals surface area (Å²) >= 11 is 0. The number of fused-ring (bicyclic) bond motifs is 4. The Balaban J connectivity index is 1.11. The fourth-order valence-corrected chi connectivity index (χ4v) is 7.68. The number of aryl methyl sites for hydroxylation is 1. The molecule has 52 heavy (non-hydrogen) atoms. The summed E-state index contributed by atoms with van der Waals surface area (Å²) in [6.07, 6.45) is 1.63. The number of methoxy groups -OCH3 is 1. The highest BCUT2D eigenvalue weighted by Gasteiger charge is 2.45. The van der Waals surface area contributed by atoms with Gasteiger partial charge in [-0.2, -0.15) is 0 Å². The average molecular weight is 718 g/mol. The predicted molar refractivity (Wildman–Crippen MR) is 188 cm³/mol. The number of ketones is 2. The van der Waals surface area contributed by atoms with Crippen molar-refractivity contribution >= 4 is 35.5 Å². The van der Waals surface area contributed by atoms with Gasteiger partial charge in [-0.3, -0.25) is 19.2 Å². The predicted octanol–water partition coefficient (Wildman–Crippen LogP) is 4.16. The number of carbonyl (C=O) groups is 6. The molecule has 0 radical (unpaired) electrons. The van der Waals surface area contributed by atoms with E-state index in [2.05, 4.69) is 17.6 Å². The van der Waals surface area contributed by atoms with Gasteiger partial charge in [0.25, 0.3) is 0 Å². The number of hydrogen-bond acceptors (Lipinski definition) is 11. The molecule has 2 aromatic rings. The molecule has 13 heteroatoms. The van der Waals surface area contributed by atoms with Crippen LogP contribution < -0.4 is 15.4 Å². The Labute approximate surface area is 303 Å². The second kappa shape index (κ2) is 15.4. The minimum atomic E-state index is -1.02. The molecule has 278 valence electrons. The molecule has 3 aliphatic heterocycles. The largest absolute Gasteiger partial charge is 0.488 e. The second-order valence-corrected chi connectivity index (χ2v) is 14.5. The standard InChI is InChI=1S/C39H47N3O10/c1-6-22-13-29(40-17-22)37(46)51-19-31(43)24-8-10-26-25(14-24)18-50-33-16-27-23(15-28(26)33)9-12-32(35(27)44)52-38(47)30-11-7-21(4)42(30)36(45)34(20(2)3)41-39(48)49-5/h8,10,14-16,20-22,29-30,32,34,40H,6-7,9,11-13,17-19H2,1-5H3,(H,41,48)/t21-,22-,29?,30-,32?,34-/m0/s1. The van der Waals surface area contributed by atoms with E-state index in [1.54, 1.807) is 32.0 Å². The highest BCUT2D eigenvalue weighted by atomic mass is 16.6. The van der Waals surface area contributed by atoms with Gasteiger partial charge in [0.2, 0.25) is 11.7 Å².